The largest absolute Gasteiger partial charge is 0.370 e. The molecule has 120 valence electrons. The number of rotatable bonds is 14. The maximum Gasteiger partial charge on any atom is 0.0841 e. The first-order valence-electron chi connectivity index (χ1n) is 9.43. The lowest BCUT2D eigenvalue weighted by atomic mass is 9.99. The van der Waals surface area contributed by atoms with E-state index < -0.39 is 0 Å². The van der Waals surface area contributed by atoms with Gasteiger partial charge in [0.2, 0.25) is 0 Å². The summed E-state index contributed by atoms with van der Waals surface area (Å²) in [6.45, 7) is 6.95. The maximum absolute atomic E-state index is 5.79. The highest BCUT2D eigenvalue weighted by molar-refractivity contribution is 4.84. The Hall–Kier alpha value is -0.0400. The predicted octanol–water partition coefficient (Wildman–Crippen LogP) is 6.50. The molecule has 0 aromatic heterocycles. The SMILES string of the molecule is CCCCCCCCCCC1OC1CCCC(C)CC. The Bertz CT molecular complexity index is 214. The molecular formula is C19H38O. The molecule has 0 spiro atoms. The summed E-state index contributed by atoms with van der Waals surface area (Å²) < 4.78 is 5.79. The van der Waals surface area contributed by atoms with E-state index in [1.807, 2.05) is 0 Å². The molecule has 3 atom stereocenters. The molecular weight excluding hydrogens is 244 g/mol. The Morgan fingerprint density at radius 1 is 0.750 bits per heavy atom. The lowest BCUT2D eigenvalue weighted by Crippen LogP contribution is -1.97. The summed E-state index contributed by atoms with van der Waals surface area (Å²) in [5, 5.41) is 0. The van der Waals surface area contributed by atoms with Gasteiger partial charge in [0.25, 0.3) is 0 Å². The Labute approximate surface area is 127 Å². The van der Waals surface area contributed by atoms with E-state index in [1.54, 1.807) is 0 Å². The Kier molecular flexibility index (Phi) is 10.4. The first-order chi connectivity index (χ1) is 9.77. The van der Waals surface area contributed by atoms with Crippen molar-refractivity contribution in [2.45, 2.75) is 116 Å². The average molecular weight is 283 g/mol. The van der Waals surface area contributed by atoms with Crippen LogP contribution in [-0.2, 0) is 4.74 Å². The van der Waals surface area contributed by atoms with Crippen LogP contribution in [0.5, 0.6) is 0 Å². The third-order valence-corrected chi connectivity index (χ3v) is 4.91. The highest BCUT2D eigenvalue weighted by Gasteiger charge is 2.36. The van der Waals surface area contributed by atoms with E-state index in [0.717, 1.165) is 5.92 Å². The predicted molar refractivity (Wildman–Crippen MR) is 89.2 cm³/mol. The van der Waals surface area contributed by atoms with Gasteiger partial charge in [0.15, 0.2) is 0 Å². The van der Waals surface area contributed by atoms with Crippen molar-refractivity contribution in [3.63, 3.8) is 0 Å². The Morgan fingerprint density at radius 2 is 1.30 bits per heavy atom. The molecule has 1 rings (SSSR count). The summed E-state index contributed by atoms with van der Waals surface area (Å²) >= 11 is 0. The number of epoxide rings is 1. The van der Waals surface area contributed by atoms with Crippen molar-refractivity contribution in [3.05, 3.63) is 0 Å². The fourth-order valence-electron chi connectivity index (χ4n) is 3.04. The third-order valence-electron chi connectivity index (χ3n) is 4.91. The van der Waals surface area contributed by atoms with Gasteiger partial charge in [-0.1, -0.05) is 91.4 Å². The quantitative estimate of drug-likeness (QED) is 0.261. The van der Waals surface area contributed by atoms with Crippen LogP contribution < -0.4 is 0 Å². The van der Waals surface area contributed by atoms with Gasteiger partial charge in [0, 0.05) is 0 Å². The molecule has 1 nitrogen and oxygen atoms in total. The smallest absolute Gasteiger partial charge is 0.0841 e. The molecule has 0 aliphatic carbocycles. The van der Waals surface area contributed by atoms with Gasteiger partial charge < -0.3 is 4.74 Å². The molecule has 1 saturated heterocycles. The zero-order valence-corrected chi connectivity index (χ0v) is 14.3. The van der Waals surface area contributed by atoms with Crippen LogP contribution in [0.15, 0.2) is 0 Å². The number of hydrogen-bond donors (Lipinski definition) is 0. The van der Waals surface area contributed by atoms with Crippen molar-refractivity contribution in [1.29, 1.82) is 0 Å². The van der Waals surface area contributed by atoms with Crippen LogP contribution in [0.2, 0.25) is 0 Å². The van der Waals surface area contributed by atoms with Gasteiger partial charge in [-0.2, -0.15) is 0 Å². The zero-order valence-electron chi connectivity index (χ0n) is 14.3. The minimum atomic E-state index is 0.628. The normalized spacial score (nSPS) is 22.9. The highest BCUT2D eigenvalue weighted by atomic mass is 16.6. The number of unbranched alkanes of at least 4 members (excludes halogenated alkanes) is 7. The minimum absolute atomic E-state index is 0.628. The van der Waals surface area contributed by atoms with Crippen molar-refractivity contribution in [2.24, 2.45) is 5.92 Å². The molecule has 0 aromatic carbocycles. The Morgan fingerprint density at radius 3 is 1.90 bits per heavy atom. The number of hydrogen-bond acceptors (Lipinski definition) is 1. The topological polar surface area (TPSA) is 12.5 Å². The van der Waals surface area contributed by atoms with Crippen LogP contribution in [0.25, 0.3) is 0 Å². The monoisotopic (exact) mass is 282 g/mol. The molecule has 1 heteroatoms. The molecule has 0 N–H and O–H groups in total. The molecule has 0 radical (unpaired) electrons. The molecule has 1 aliphatic heterocycles. The molecule has 1 heterocycles. The molecule has 1 aliphatic rings. The summed E-state index contributed by atoms with van der Waals surface area (Å²) in [6.07, 6.45) is 19.4. The van der Waals surface area contributed by atoms with Crippen LogP contribution >= 0.6 is 0 Å². The Balaban J connectivity index is 1.79. The van der Waals surface area contributed by atoms with Crippen LogP contribution in [0, 0.1) is 5.92 Å². The van der Waals surface area contributed by atoms with Crippen LogP contribution in [0.1, 0.15) is 104 Å². The van der Waals surface area contributed by atoms with Crippen LogP contribution in [0.3, 0.4) is 0 Å². The van der Waals surface area contributed by atoms with E-state index in [9.17, 15) is 0 Å². The van der Waals surface area contributed by atoms with Gasteiger partial charge in [0.05, 0.1) is 12.2 Å². The molecule has 0 amide bonds. The summed E-state index contributed by atoms with van der Waals surface area (Å²) in [5.41, 5.74) is 0. The minimum Gasteiger partial charge on any atom is -0.370 e. The van der Waals surface area contributed by atoms with Gasteiger partial charge in [-0.3, -0.25) is 0 Å². The van der Waals surface area contributed by atoms with E-state index in [-0.39, 0.29) is 0 Å². The van der Waals surface area contributed by atoms with Crippen molar-refractivity contribution < 1.29 is 4.74 Å². The average Bonchev–Trinajstić information content (AvgIpc) is 3.20. The van der Waals surface area contributed by atoms with Crippen molar-refractivity contribution in [1.82, 2.24) is 0 Å². The fourth-order valence-corrected chi connectivity index (χ4v) is 3.04. The van der Waals surface area contributed by atoms with Gasteiger partial charge in [-0.25, -0.2) is 0 Å². The second-order valence-electron chi connectivity index (χ2n) is 6.92. The second kappa shape index (κ2) is 11.6. The summed E-state index contributed by atoms with van der Waals surface area (Å²) in [7, 11) is 0. The van der Waals surface area contributed by atoms with E-state index in [0.29, 0.717) is 12.2 Å². The summed E-state index contributed by atoms with van der Waals surface area (Å²) in [5.74, 6) is 0.903. The first-order valence-corrected chi connectivity index (χ1v) is 9.43. The lowest BCUT2D eigenvalue weighted by Gasteiger charge is -2.06. The second-order valence-corrected chi connectivity index (χ2v) is 6.92. The van der Waals surface area contributed by atoms with E-state index >= 15 is 0 Å². The van der Waals surface area contributed by atoms with E-state index in [1.165, 1.54) is 83.5 Å². The van der Waals surface area contributed by atoms with Crippen molar-refractivity contribution in [3.8, 4) is 0 Å². The summed E-state index contributed by atoms with van der Waals surface area (Å²) in [4.78, 5) is 0. The molecule has 1 fully saturated rings. The van der Waals surface area contributed by atoms with Crippen molar-refractivity contribution in [2.75, 3.05) is 0 Å². The van der Waals surface area contributed by atoms with Crippen LogP contribution in [0.4, 0.5) is 0 Å². The third kappa shape index (κ3) is 9.00. The summed E-state index contributed by atoms with van der Waals surface area (Å²) in [6, 6.07) is 0. The lowest BCUT2D eigenvalue weighted by molar-refractivity contribution is 0.344. The fraction of sp³-hybridized carbons (Fsp3) is 1.00. The first kappa shape index (κ1) is 18.0. The molecule has 3 unspecified atom stereocenters. The van der Waals surface area contributed by atoms with Gasteiger partial charge in [-0.15, -0.1) is 0 Å². The molecule has 0 aromatic rings. The van der Waals surface area contributed by atoms with Gasteiger partial charge >= 0.3 is 0 Å². The molecule has 0 saturated carbocycles. The molecule has 20 heavy (non-hydrogen) atoms. The van der Waals surface area contributed by atoms with Gasteiger partial charge in [0.1, 0.15) is 0 Å². The standard InChI is InChI=1S/C19H38O/c1-4-6-7-8-9-10-11-12-15-18-19(20-18)16-13-14-17(3)5-2/h17-19H,4-16H2,1-3H3. The maximum atomic E-state index is 5.79. The highest BCUT2D eigenvalue weighted by Crippen LogP contribution is 2.32. The van der Waals surface area contributed by atoms with E-state index in [2.05, 4.69) is 20.8 Å². The molecule has 0 bridgehead atoms. The zero-order chi connectivity index (χ0) is 14.6. The van der Waals surface area contributed by atoms with Crippen LogP contribution in [-0.4, -0.2) is 12.2 Å². The van der Waals surface area contributed by atoms with E-state index in [4.69, 9.17) is 4.74 Å². The van der Waals surface area contributed by atoms with Gasteiger partial charge in [-0.05, 0) is 18.8 Å². The van der Waals surface area contributed by atoms with Crippen molar-refractivity contribution >= 4 is 0 Å². The number of ether oxygens (including phenoxy) is 1.